The van der Waals surface area contributed by atoms with Gasteiger partial charge < -0.3 is 5.32 Å². The first-order chi connectivity index (χ1) is 15.2. The Labute approximate surface area is 191 Å². The molecule has 0 spiro atoms. The second kappa shape index (κ2) is 8.91. The molecular weight excluding hydrogens is 446 g/mol. The van der Waals surface area contributed by atoms with Crippen LogP contribution in [0, 0.1) is 0 Å². The summed E-state index contributed by atoms with van der Waals surface area (Å²) in [6, 6.07) is 15.8. The third-order valence-corrected chi connectivity index (χ3v) is 6.61. The van der Waals surface area contributed by atoms with Crippen LogP contribution in [0.1, 0.15) is 40.5 Å². The molecule has 3 aromatic rings. The summed E-state index contributed by atoms with van der Waals surface area (Å²) in [4.78, 5) is 30.3. The SMILES string of the molecule is CC(Sc1cc(C(=O)NC2CC2)c2ccccc2n1)C(=O)c1ccc(NS(C)(=O)=O)cc1. The zero-order valence-corrected chi connectivity index (χ0v) is 19.3. The van der Waals surface area contributed by atoms with E-state index in [0.717, 1.165) is 24.5 Å². The largest absolute Gasteiger partial charge is 0.349 e. The lowest BCUT2D eigenvalue weighted by Gasteiger charge is -2.13. The number of carbonyl (C=O) groups is 2. The van der Waals surface area contributed by atoms with Crippen molar-refractivity contribution in [2.45, 2.75) is 36.1 Å². The van der Waals surface area contributed by atoms with Gasteiger partial charge in [-0.2, -0.15) is 0 Å². The summed E-state index contributed by atoms with van der Waals surface area (Å²) in [7, 11) is -3.38. The monoisotopic (exact) mass is 469 g/mol. The lowest BCUT2D eigenvalue weighted by atomic mass is 10.1. The molecule has 0 aliphatic heterocycles. The maximum atomic E-state index is 12.9. The molecule has 0 saturated heterocycles. The maximum absolute atomic E-state index is 12.9. The Hall–Kier alpha value is -2.91. The number of sulfonamides is 1. The summed E-state index contributed by atoms with van der Waals surface area (Å²) in [5, 5.41) is 3.95. The number of benzene rings is 2. The van der Waals surface area contributed by atoms with Crippen LogP contribution in [0.25, 0.3) is 10.9 Å². The smallest absolute Gasteiger partial charge is 0.252 e. The van der Waals surface area contributed by atoms with E-state index in [1.54, 1.807) is 37.3 Å². The Kier molecular flexibility index (Phi) is 6.21. The number of pyridine rings is 1. The molecule has 1 saturated carbocycles. The van der Waals surface area contributed by atoms with Crippen LogP contribution in [0.15, 0.2) is 59.6 Å². The first-order valence-corrected chi connectivity index (χ1v) is 13.0. The van der Waals surface area contributed by atoms with Crippen molar-refractivity contribution in [3.8, 4) is 0 Å². The summed E-state index contributed by atoms with van der Waals surface area (Å²) in [5.41, 5.74) is 2.12. The van der Waals surface area contributed by atoms with Crippen molar-refractivity contribution in [1.82, 2.24) is 10.3 Å². The molecule has 1 aliphatic carbocycles. The number of rotatable bonds is 8. The van der Waals surface area contributed by atoms with Gasteiger partial charge in [-0.1, -0.05) is 30.0 Å². The molecule has 0 radical (unpaired) electrons. The Morgan fingerprint density at radius 2 is 1.78 bits per heavy atom. The van der Waals surface area contributed by atoms with Crippen LogP contribution in [0.2, 0.25) is 0 Å². The van der Waals surface area contributed by atoms with Crippen LogP contribution in [-0.4, -0.2) is 42.6 Å². The minimum atomic E-state index is -3.38. The third-order valence-electron chi connectivity index (χ3n) is 4.99. The third kappa shape index (κ3) is 5.46. The lowest BCUT2D eigenvalue weighted by Crippen LogP contribution is -2.25. The number of aromatic nitrogens is 1. The maximum Gasteiger partial charge on any atom is 0.252 e. The first kappa shape index (κ1) is 22.3. The molecule has 9 heteroatoms. The van der Waals surface area contributed by atoms with E-state index >= 15 is 0 Å². The predicted octanol–water partition coefficient (Wildman–Crippen LogP) is 3.86. The molecule has 2 N–H and O–H groups in total. The fraction of sp³-hybridized carbons (Fsp3) is 0.261. The number of ketones is 1. The molecule has 1 atom stereocenters. The summed E-state index contributed by atoms with van der Waals surface area (Å²) < 4.78 is 25.1. The van der Waals surface area contributed by atoms with E-state index in [4.69, 9.17) is 0 Å². The van der Waals surface area contributed by atoms with Gasteiger partial charge in [-0.25, -0.2) is 13.4 Å². The number of nitrogens with zero attached hydrogens (tertiary/aromatic N) is 1. The van der Waals surface area contributed by atoms with E-state index < -0.39 is 15.3 Å². The summed E-state index contributed by atoms with van der Waals surface area (Å²) in [6.45, 7) is 1.79. The minimum Gasteiger partial charge on any atom is -0.349 e. The normalized spacial score (nSPS) is 14.7. The van der Waals surface area contributed by atoms with E-state index in [2.05, 4.69) is 15.0 Å². The zero-order chi connectivity index (χ0) is 22.9. The van der Waals surface area contributed by atoms with Gasteiger partial charge in [-0.05, 0) is 56.2 Å². The molecule has 1 heterocycles. The van der Waals surface area contributed by atoms with Crippen LogP contribution in [-0.2, 0) is 10.0 Å². The van der Waals surface area contributed by atoms with Gasteiger partial charge in [0.2, 0.25) is 10.0 Å². The van der Waals surface area contributed by atoms with Crippen LogP contribution in [0.4, 0.5) is 5.69 Å². The quantitative estimate of drug-likeness (QED) is 0.383. The summed E-state index contributed by atoms with van der Waals surface area (Å²) in [6.07, 6.45) is 3.07. The van der Waals surface area contributed by atoms with E-state index in [0.29, 0.717) is 27.4 Å². The van der Waals surface area contributed by atoms with Crippen molar-refractivity contribution in [1.29, 1.82) is 0 Å². The van der Waals surface area contributed by atoms with Gasteiger partial charge in [-0.3, -0.25) is 14.3 Å². The van der Waals surface area contributed by atoms with E-state index in [1.807, 2.05) is 24.3 Å². The zero-order valence-electron chi connectivity index (χ0n) is 17.7. The average Bonchev–Trinajstić information content (AvgIpc) is 3.56. The van der Waals surface area contributed by atoms with Gasteiger partial charge in [-0.15, -0.1) is 0 Å². The number of anilines is 1. The molecule has 0 bridgehead atoms. The van der Waals surface area contributed by atoms with Gasteiger partial charge >= 0.3 is 0 Å². The molecule has 1 aliphatic rings. The number of fused-ring (bicyclic) bond motifs is 1. The average molecular weight is 470 g/mol. The van der Waals surface area contributed by atoms with Crippen LogP contribution >= 0.6 is 11.8 Å². The van der Waals surface area contributed by atoms with Crippen molar-refractivity contribution in [3.05, 3.63) is 65.7 Å². The summed E-state index contributed by atoms with van der Waals surface area (Å²) >= 11 is 1.29. The van der Waals surface area contributed by atoms with E-state index in [-0.39, 0.29) is 17.7 Å². The fourth-order valence-corrected chi connectivity index (χ4v) is 4.78. The number of nitrogens with one attached hydrogen (secondary N) is 2. The number of hydrogen-bond donors (Lipinski definition) is 2. The first-order valence-electron chi connectivity index (χ1n) is 10.2. The number of Topliss-reactive ketones (excluding diaryl/α,β-unsaturated/α-hetero) is 1. The Bertz CT molecular complexity index is 1290. The van der Waals surface area contributed by atoms with E-state index in [1.165, 1.54) is 11.8 Å². The number of thioether (sulfide) groups is 1. The number of para-hydroxylation sites is 1. The molecule has 32 heavy (non-hydrogen) atoms. The number of carbonyl (C=O) groups excluding carboxylic acids is 2. The Morgan fingerprint density at radius 1 is 1.09 bits per heavy atom. The molecule has 7 nitrogen and oxygen atoms in total. The second-order valence-corrected chi connectivity index (χ2v) is 11.0. The molecule has 1 amide bonds. The van der Waals surface area contributed by atoms with Crippen LogP contribution in [0.3, 0.4) is 0 Å². The standard InChI is InChI=1S/C23H23N3O4S2/c1-14(22(27)15-7-9-17(10-8-15)26-32(2,29)30)31-21-13-19(23(28)24-16-11-12-16)18-5-3-4-6-20(18)25-21/h3-10,13-14,16,26H,11-12H2,1-2H3,(H,24,28). The highest BCUT2D eigenvalue weighted by molar-refractivity contribution is 8.00. The molecule has 4 rings (SSSR count). The van der Waals surface area contributed by atoms with Gasteiger partial charge in [0.25, 0.3) is 5.91 Å². The highest BCUT2D eigenvalue weighted by Gasteiger charge is 2.25. The number of amides is 1. The second-order valence-electron chi connectivity index (χ2n) is 7.85. The van der Waals surface area contributed by atoms with Crippen molar-refractivity contribution in [2.24, 2.45) is 0 Å². The predicted molar refractivity (Wildman–Crippen MR) is 127 cm³/mol. The van der Waals surface area contributed by atoms with Crippen molar-refractivity contribution in [3.63, 3.8) is 0 Å². The van der Waals surface area contributed by atoms with Crippen LogP contribution in [0.5, 0.6) is 0 Å². The molecule has 166 valence electrons. The van der Waals surface area contributed by atoms with Crippen LogP contribution < -0.4 is 10.0 Å². The number of hydrogen-bond acceptors (Lipinski definition) is 6. The summed E-state index contributed by atoms with van der Waals surface area (Å²) in [5.74, 6) is -0.235. The van der Waals surface area contributed by atoms with Gasteiger partial charge in [0.1, 0.15) is 0 Å². The molecule has 1 aromatic heterocycles. The minimum absolute atomic E-state index is 0.111. The fourth-order valence-electron chi connectivity index (χ4n) is 3.28. The van der Waals surface area contributed by atoms with Gasteiger partial charge in [0.05, 0.1) is 27.6 Å². The van der Waals surface area contributed by atoms with Crippen molar-refractivity contribution < 1.29 is 18.0 Å². The van der Waals surface area contributed by atoms with Crippen molar-refractivity contribution >= 4 is 50.1 Å². The molecule has 2 aromatic carbocycles. The molecule has 1 unspecified atom stereocenters. The Morgan fingerprint density at radius 3 is 2.44 bits per heavy atom. The molecule has 1 fully saturated rings. The van der Waals surface area contributed by atoms with Crippen molar-refractivity contribution in [2.75, 3.05) is 11.0 Å². The highest BCUT2D eigenvalue weighted by Crippen LogP contribution is 2.29. The molecular formula is C23H23N3O4S2. The topological polar surface area (TPSA) is 105 Å². The van der Waals surface area contributed by atoms with Gasteiger partial charge in [0, 0.05) is 22.7 Å². The lowest BCUT2D eigenvalue weighted by molar-refractivity contribution is 0.0951. The Balaban J connectivity index is 1.54. The van der Waals surface area contributed by atoms with E-state index in [9.17, 15) is 18.0 Å². The van der Waals surface area contributed by atoms with Gasteiger partial charge in [0.15, 0.2) is 5.78 Å². The highest BCUT2D eigenvalue weighted by atomic mass is 32.2.